The standard InChI is InChI=1S/C25H33ClN2O3/c1-6-19(5)27-25(30)22(7-2)28(15-20-10-8-9-11-21(20)26)24(29)16-31-23-14-17(3)12-13-18(23)4/h8-14,19,22H,6-7,15-16H2,1-5H3,(H,27,30)/t19-,22+/m0/s1. The molecule has 168 valence electrons. The van der Waals surface area contributed by atoms with Crippen LogP contribution in [0, 0.1) is 13.8 Å². The molecular formula is C25H33ClN2O3. The molecule has 0 aliphatic rings. The summed E-state index contributed by atoms with van der Waals surface area (Å²) in [4.78, 5) is 27.8. The summed E-state index contributed by atoms with van der Waals surface area (Å²) in [6.45, 7) is 9.87. The van der Waals surface area contributed by atoms with E-state index < -0.39 is 6.04 Å². The maximum Gasteiger partial charge on any atom is 0.261 e. The Morgan fingerprint density at radius 1 is 1.10 bits per heavy atom. The number of nitrogens with zero attached hydrogens (tertiary/aromatic N) is 1. The summed E-state index contributed by atoms with van der Waals surface area (Å²) < 4.78 is 5.85. The van der Waals surface area contributed by atoms with Crippen molar-refractivity contribution in [3.05, 3.63) is 64.2 Å². The predicted octanol–water partition coefficient (Wildman–Crippen LogP) is 5.06. The van der Waals surface area contributed by atoms with Gasteiger partial charge in [-0.05, 0) is 62.4 Å². The van der Waals surface area contributed by atoms with Gasteiger partial charge in [-0.3, -0.25) is 9.59 Å². The summed E-state index contributed by atoms with van der Waals surface area (Å²) in [5, 5.41) is 3.56. The van der Waals surface area contributed by atoms with Crippen LogP contribution in [0.15, 0.2) is 42.5 Å². The molecule has 0 saturated carbocycles. The van der Waals surface area contributed by atoms with Crippen molar-refractivity contribution in [2.24, 2.45) is 0 Å². The molecule has 2 aromatic carbocycles. The summed E-state index contributed by atoms with van der Waals surface area (Å²) >= 11 is 6.35. The highest BCUT2D eigenvalue weighted by molar-refractivity contribution is 6.31. The van der Waals surface area contributed by atoms with Crippen LogP contribution in [0.25, 0.3) is 0 Å². The van der Waals surface area contributed by atoms with E-state index in [1.54, 1.807) is 11.0 Å². The van der Waals surface area contributed by atoms with Crippen LogP contribution in [0.2, 0.25) is 5.02 Å². The molecule has 0 aromatic heterocycles. The number of hydrogen-bond acceptors (Lipinski definition) is 3. The van der Waals surface area contributed by atoms with E-state index in [4.69, 9.17) is 16.3 Å². The maximum atomic E-state index is 13.3. The Morgan fingerprint density at radius 3 is 2.45 bits per heavy atom. The van der Waals surface area contributed by atoms with Crippen LogP contribution in [0.5, 0.6) is 5.75 Å². The normalized spacial score (nSPS) is 12.7. The lowest BCUT2D eigenvalue weighted by molar-refractivity contribution is -0.143. The minimum absolute atomic E-state index is 0.0324. The highest BCUT2D eigenvalue weighted by Gasteiger charge is 2.30. The number of amides is 2. The molecule has 0 unspecified atom stereocenters. The Morgan fingerprint density at radius 2 is 1.81 bits per heavy atom. The fraction of sp³-hybridized carbons (Fsp3) is 0.440. The maximum absolute atomic E-state index is 13.3. The second-order valence-corrected chi connectivity index (χ2v) is 8.32. The number of carbonyl (C=O) groups is 2. The topological polar surface area (TPSA) is 58.6 Å². The van der Waals surface area contributed by atoms with E-state index >= 15 is 0 Å². The van der Waals surface area contributed by atoms with Crippen LogP contribution in [-0.2, 0) is 16.1 Å². The molecule has 31 heavy (non-hydrogen) atoms. The fourth-order valence-electron chi connectivity index (χ4n) is 3.26. The molecule has 0 saturated heterocycles. The predicted molar refractivity (Wildman–Crippen MR) is 125 cm³/mol. The number of nitrogens with one attached hydrogen (secondary N) is 1. The van der Waals surface area contributed by atoms with Gasteiger partial charge < -0.3 is 15.0 Å². The van der Waals surface area contributed by atoms with Gasteiger partial charge in [-0.2, -0.15) is 0 Å². The molecule has 5 nitrogen and oxygen atoms in total. The Kier molecular flexibility index (Phi) is 9.38. The van der Waals surface area contributed by atoms with E-state index in [0.717, 1.165) is 23.1 Å². The molecule has 0 heterocycles. The average molecular weight is 445 g/mol. The Labute approximate surface area is 190 Å². The van der Waals surface area contributed by atoms with E-state index in [1.165, 1.54) is 0 Å². The molecule has 6 heteroatoms. The minimum atomic E-state index is -0.611. The number of carbonyl (C=O) groups excluding carboxylic acids is 2. The van der Waals surface area contributed by atoms with Crippen molar-refractivity contribution in [3.63, 3.8) is 0 Å². The van der Waals surface area contributed by atoms with Gasteiger partial charge >= 0.3 is 0 Å². The van der Waals surface area contributed by atoms with Crippen molar-refractivity contribution in [1.82, 2.24) is 10.2 Å². The van der Waals surface area contributed by atoms with Crippen LogP contribution in [-0.4, -0.2) is 35.4 Å². The molecule has 2 rings (SSSR count). The van der Waals surface area contributed by atoms with Crippen LogP contribution >= 0.6 is 11.6 Å². The first-order valence-electron chi connectivity index (χ1n) is 10.8. The lowest BCUT2D eigenvalue weighted by Gasteiger charge is -2.31. The molecule has 2 amide bonds. The Balaban J connectivity index is 2.26. The molecule has 1 N–H and O–H groups in total. The zero-order valence-corrected chi connectivity index (χ0v) is 19.8. The van der Waals surface area contributed by atoms with Gasteiger partial charge in [0.1, 0.15) is 11.8 Å². The third-order valence-corrected chi connectivity index (χ3v) is 5.75. The van der Waals surface area contributed by atoms with Gasteiger partial charge in [-0.15, -0.1) is 0 Å². The van der Waals surface area contributed by atoms with E-state index in [-0.39, 0.29) is 31.0 Å². The van der Waals surface area contributed by atoms with Gasteiger partial charge in [0.15, 0.2) is 6.61 Å². The second-order valence-electron chi connectivity index (χ2n) is 7.91. The average Bonchev–Trinajstić information content (AvgIpc) is 2.75. The van der Waals surface area contributed by atoms with Gasteiger partial charge in [0.2, 0.25) is 5.91 Å². The zero-order valence-electron chi connectivity index (χ0n) is 19.1. The van der Waals surface area contributed by atoms with Gasteiger partial charge in [0.25, 0.3) is 5.91 Å². The molecule has 0 fully saturated rings. The smallest absolute Gasteiger partial charge is 0.261 e. The number of aryl methyl sites for hydroxylation is 2. The van der Waals surface area contributed by atoms with Crippen molar-refractivity contribution in [1.29, 1.82) is 0 Å². The summed E-state index contributed by atoms with van der Waals surface area (Å²) in [7, 11) is 0. The van der Waals surface area contributed by atoms with E-state index in [9.17, 15) is 9.59 Å². The monoisotopic (exact) mass is 444 g/mol. The highest BCUT2D eigenvalue weighted by atomic mass is 35.5. The van der Waals surface area contributed by atoms with E-state index in [0.29, 0.717) is 17.2 Å². The SMILES string of the molecule is CC[C@H](C(=O)N[C@@H](C)CC)N(Cc1ccccc1Cl)C(=O)COc1cc(C)ccc1C. The van der Waals surface area contributed by atoms with Crippen LogP contribution in [0.1, 0.15) is 50.3 Å². The fourth-order valence-corrected chi connectivity index (χ4v) is 3.45. The van der Waals surface area contributed by atoms with Crippen LogP contribution in [0.3, 0.4) is 0 Å². The van der Waals surface area contributed by atoms with Gasteiger partial charge in [-0.25, -0.2) is 0 Å². The lowest BCUT2D eigenvalue weighted by Crippen LogP contribution is -2.51. The summed E-state index contributed by atoms with van der Waals surface area (Å²) in [5.41, 5.74) is 2.80. The second kappa shape index (κ2) is 11.8. The largest absolute Gasteiger partial charge is 0.483 e. The van der Waals surface area contributed by atoms with Gasteiger partial charge in [0, 0.05) is 17.6 Å². The van der Waals surface area contributed by atoms with Crippen molar-refractivity contribution < 1.29 is 14.3 Å². The first-order chi connectivity index (χ1) is 14.8. The van der Waals surface area contributed by atoms with Crippen LogP contribution < -0.4 is 10.1 Å². The van der Waals surface area contributed by atoms with Gasteiger partial charge in [0.05, 0.1) is 0 Å². The summed E-state index contributed by atoms with van der Waals surface area (Å²) in [6.07, 6.45) is 1.30. The molecule has 2 aromatic rings. The van der Waals surface area contributed by atoms with E-state index in [1.807, 2.05) is 71.0 Å². The third kappa shape index (κ3) is 7.00. The van der Waals surface area contributed by atoms with Crippen molar-refractivity contribution in [2.45, 2.75) is 66.1 Å². The number of ether oxygens (including phenoxy) is 1. The Bertz CT molecular complexity index is 900. The molecule has 0 radical (unpaired) electrons. The summed E-state index contributed by atoms with van der Waals surface area (Å²) in [5.74, 6) is 0.249. The molecule has 0 spiro atoms. The van der Waals surface area contributed by atoms with Crippen molar-refractivity contribution in [3.8, 4) is 5.75 Å². The molecule has 0 aliphatic heterocycles. The van der Waals surface area contributed by atoms with Gasteiger partial charge in [-0.1, -0.05) is 55.8 Å². The summed E-state index contributed by atoms with van der Waals surface area (Å²) in [6, 6.07) is 12.7. The zero-order chi connectivity index (χ0) is 23.0. The number of rotatable bonds is 10. The quantitative estimate of drug-likeness (QED) is 0.557. The van der Waals surface area contributed by atoms with Crippen molar-refractivity contribution >= 4 is 23.4 Å². The number of benzene rings is 2. The number of hydrogen-bond donors (Lipinski definition) is 1. The van der Waals surface area contributed by atoms with Crippen molar-refractivity contribution in [2.75, 3.05) is 6.61 Å². The molecule has 0 bridgehead atoms. The molecular weight excluding hydrogens is 412 g/mol. The number of halogens is 1. The lowest BCUT2D eigenvalue weighted by atomic mass is 10.1. The third-order valence-electron chi connectivity index (χ3n) is 5.38. The Hall–Kier alpha value is -2.53. The highest BCUT2D eigenvalue weighted by Crippen LogP contribution is 2.22. The first kappa shape index (κ1) is 24.7. The molecule has 2 atom stereocenters. The molecule has 0 aliphatic carbocycles. The first-order valence-corrected chi connectivity index (χ1v) is 11.2. The minimum Gasteiger partial charge on any atom is -0.483 e. The van der Waals surface area contributed by atoms with E-state index in [2.05, 4.69) is 5.32 Å². The van der Waals surface area contributed by atoms with Crippen LogP contribution in [0.4, 0.5) is 0 Å².